The highest BCUT2D eigenvalue weighted by molar-refractivity contribution is 5.42. The Morgan fingerprint density at radius 3 is 1.79 bits per heavy atom. The Labute approximate surface area is 172 Å². The summed E-state index contributed by atoms with van der Waals surface area (Å²) in [6.07, 6.45) is 17.6. The fourth-order valence-corrected chi connectivity index (χ4v) is 3.66. The molecule has 1 nitrogen and oxygen atoms in total. The summed E-state index contributed by atoms with van der Waals surface area (Å²) >= 11 is 0. The average molecular weight is 379 g/mol. The van der Waals surface area contributed by atoms with Crippen molar-refractivity contribution in [2.45, 2.75) is 84.0 Å². The zero-order valence-electron chi connectivity index (χ0n) is 17.8. The molecule has 2 aromatic rings. The third-order valence-corrected chi connectivity index (χ3v) is 5.33. The van der Waals surface area contributed by atoms with Crippen LogP contribution in [0.5, 0.6) is 11.5 Å². The maximum absolute atomic E-state index is 6.29. The number of unbranched alkanes of at least 4 members (excludes halogenated alkanes) is 9. The fraction of sp³-hybridized carbons (Fsp3) is 0.481. The molecular formula is C27H38O. The highest BCUT2D eigenvalue weighted by atomic mass is 16.5. The largest absolute Gasteiger partial charge is 0.457 e. The van der Waals surface area contributed by atoms with Crippen LogP contribution in [0.15, 0.2) is 61.2 Å². The van der Waals surface area contributed by atoms with Crippen LogP contribution in [0.4, 0.5) is 0 Å². The quantitative estimate of drug-likeness (QED) is 0.222. The van der Waals surface area contributed by atoms with Crippen LogP contribution < -0.4 is 4.74 Å². The molecule has 0 aliphatic rings. The number of rotatable bonds is 15. The Morgan fingerprint density at radius 2 is 1.18 bits per heavy atom. The maximum Gasteiger partial charge on any atom is 0.130 e. The van der Waals surface area contributed by atoms with E-state index < -0.39 is 0 Å². The van der Waals surface area contributed by atoms with Crippen LogP contribution in [-0.2, 0) is 12.8 Å². The van der Waals surface area contributed by atoms with E-state index in [0.29, 0.717) is 0 Å². The van der Waals surface area contributed by atoms with Gasteiger partial charge < -0.3 is 4.74 Å². The number of aryl methyl sites for hydroxylation is 1. The van der Waals surface area contributed by atoms with Crippen LogP contribution in [-0.4, -0.2) is 0 Å². The van der Waals surface area contributed by atoms with E-state index in [4.69, 9.17) is 4.74 Å². The van der Waals surface area contributed by atoms with Crippen molar-refractivity contribution in [3.05, 3.63) is 72.3 Å². The van der Waals surface area contributed by atoms with Gasteiger partial charge in [-0.3, -0.25) is 0 Å². The minimum Gasteiger partial charge on any atom is -0.457 e. The first-order valence-corrected chi connectivity index (χ1v) is 11.3. The molecule has 0 amide bonds. The van der Waals surface area contributed by atoms with E-state index in [9.17, 15) is 0 Å². The van der Waals surface area contributed by atoms with Crippen LogP contribution in [0.3, 0.4) is 0 Å². The molecule has 2 aromatic carbocycles. The van der Waals surface area contributed by atoms with Crippen molar-refractivity contribution >= 4 is 0 Å². The highest BCUT2D eigenvalue weighted by Crippen LogP contribution is 2.29. The Bertz CT molecular complexity index is 673. The monoisotopic (exact) mass is 378 g/mol. The molecule has 0 fully saturated rings. The van der Waals surface area contributed by atoms with Crippen molar-refractivity contribution in [3.8, 4) is 11.5 Å². The molecule has 0 atom stereocenters. The standard InChI is InChI=1S/C27H38O/c1-3-5-6-7-8-9-10-11-12-13-19-25-21-15-17-23-27(25)28-26-22-16-14-20-24(26)18-4-2/h4,14-17,20-23H,2-3,5-13,18-19H2,1H3. The van der Waals surface area contributed by atoms with Crippen LogP contribution in [0.1, 0.15) is 82.3 Å². The predicted octanol–water partition coefficient (Wildman–Crippen LogP) is 8.67. The fourth-order valence-electron chi connectivity index (χ4n) is 3.66. The number of para-hydroxylation sites is 2. The Hall–Kier alpha value is -2.02. The molecule has 28 heavy (non-hydrogen) atoms. The van der Waals surface area contributed by atoms with E-state index in [-0.39, 0.29) is 0 Å². The van der Waals surface area contributed by atoms with Gasteiger partial charge in [-0.2, -0.15) is 0 Å². The second-order valence-corrected chi connectivity index (χ2v) is 7.74. The van der Waals surface area contributed by atoms with E-state index in [2.05, 4.69) is 56.0 Å². The van der Waals surface area contributed by atoms with Gasteiger partial charge in [0.2, 0.25) is 0 Å². The summed E-state index contributed by atoms with van der Waals surface area (Å²) in [4.78, 5) is 0. The molecule has 0 radical (unpaired) electrons. The zero-order valence-corrected chi connectivity index (χ0v) is 17.8. The first-order chi connectivity index (χ1) is 13.8. The van der Waals surface area contributed by atoms with Crippen LogP contribution in [0.2, 0.25) is 0 Å². The number of benzene rings is 2. The van der Waals surface area contributed by atoms with E-state index >= 15 is 0 Å². The molecule has 0 bridgehead atoms. The third-order valence-electron chi connectivity index (χ3n) is 5.33. The summed E-state index contributed by atoms with van der Waals surface area (Å²) in [7, 11) is 0. The van der Waals surface area contributed by atoms with Gasteiger partial charge in [0.25, 0.3) is 0 Å². The molecular weight excluding hydrogens is 340 g/mol. The summed E-state index contributed by atoms with van der Waals surface area (Å²) in [5.41, 5.74) is 2.50. The van der Waals surface area contributed by atoms with Gasteiger partial charge >= 0.3 is 0 Å². The van der Waals surface area contributed by atoms with E-state index in [0.717, 1.165) is 24.3 Å². The lowest BCUT2D eigenvalue weighted by Crippen LogP contribution is -1.95. The molecule has 0 heterocycles. The Balaban J connectivity index is 1.74. The van der Waals surface area contributed by atoms with Gasteiger partial charge in [-0.15, -0.1) is 6.58 Å². The lowest BCUT2D eigenvalue weighted by Gasteiger charge is -2.13. The van der Waals surface area contributed by atoms with Crippen molar-refractivity contribution in [1.82, 2.24) is 0 Å². The highest BCUT2D eigenvalue weighted by Gasteiger charge is 2.07. The molecule has 2 rings (SSSR count). The minimum atomic E-state index is 0.830. The molecule has 152 valence electrons. The molecule has 1 heteroatoms. The Morgan fingerprint density at radius 1 is 0.679 bits per heavy atom. The molecule has 0 saturated carbocycles. The first-order valence-electron chi connectivity index (χ1n) is 11.3. The molecule has 0 saturated heterocycles. The smallest absolute Gasteiger partial charge is 0.130 e. The molecule has 0 aromatic heterocycles. The average Bonchev–Trinajstić information content (AvgIpc) is 2.72. The third kappa shape index (κ3) is 8.33. The van der Waals surface area contributed by atoms with E-state index in [1.807, 2.05) is 12.1 Å². The predicted molar refractivity (Wildman–Crippen MR) is 122 cm³/mol. The molecule has 0 N–H and O–H groups in total. The summed E-state index contributed by atoms with van der Waals surface area (Å²) in [6, 6.07) is 16.7. The minimum absolute atomic E-state index is 0.830. The number of ether oxygens (including phenoxy) is 1. The number of allylic oxidation sites excluding steroid dienone is 1. The van der Waals surface area contributed by atoms with Crippen molar-refractivity contribution in [3.63, 3.8) is 0 Å². The summed E-state index contributed by atoms with van der Waals surface area (Å²) in [5, 5.41) is 0. The Kier molecular flexibility index (Phi) is 11.2. The van der Waals surface area contributed by atoms with E-state index in [1.54, 1.807) is 0 Å². The number of hydrogen-bond acceptors (Lipinski definition) is 1. The summed E-state index contributed by atoms with van der Waals surface area (Å²) in [6.45, 7) is 6.14. The summed E-state index contributed by atoms with van der Waals surface area (Å²) < 4.78 is 6.29. The van der Waals surface area contributed by atoms with E-state index in [1.165, 1.54) is 75.3 Å². The number of hydrogen-bond donors (Lipinski definition) is 0. The van der Waals surface area contributed by atoms with Gasteiger partial charge in [0.15, 0.2) is 0 Å². The topological polar surface area (TPSA) is 9.23 Å². The maximum atomic E-state index is 6.29. The van der Waals surface area contributed by atoms with Crippen molar-refractivity contribution in [1.29, 1.82) is 0 Å². The van der Waals surface area contributed by atoms with Gasteiger partial charge in [0, 0.05) is 0 Å². The molecule has 0 aliphatic carbocycles. The van der Waals surface area contributed by atoms with Crippen LogP contribution in [0, 0.1) is 0 Å². The lowest BCUT2D eigenvalue weighted by molar-refractivity contribution is 0.469. The summed E-state index contributed by atoms with van der Waals surface area (Å²) in [5.74, 6) is 1.94. The van der Waals surface area contributed by atoms with Crippen LogP contribution >= 0.6 is 0 Å². The second kappa shape index (κ2) is 14.0. The molecule has 0 spiro atoms. The van der Waals surface area contributed by atoms with Crippen molar-refractivity contribution in [2.24, 2.45) is 0 Å². The normalized spacial score (nSPS) is 10.8. The van der Waals surface area contributed by atoms with Gasteiger partial charge in [-0.05, 0) is 42.5 Å². The SMILES string of the molecule is C=CCc1ccccc1Oc1ccccc1CCCCCCCCCCCC. The van der Waals surface area contributed by atoms with Gasteiger partial charge in [-0.1, -0.05) is 107 Å². The first kappa shape index (κ1) is 22.3. The zero-order chi connectivity index (χ0) is 19.9. The van der Waals surface area contributed by atoms with Gasteiger partial charge in [0.1, 0.15) is 11.5 Å². The van der Waals surface area contributed by atoms with Crippen LogP contribution in [0.25, 0.3) is 0 Å². The molecule has 0 unspecified atom stereocenters. The lowest BCUT2D eigenvalue weighted by atomic mass is 10.0. The van der Waals surface area contributed by atoms with Crippen molar-refractivity contribution < 1.29 is 4.74 Å². The van der Waals surface area contributed by atoms with Gasteiger partial charge in [-0.25, -0.2) is 0 Å². The second-order valence-electron chi connectivity index (χ2n) is 7.74. The molecule has 0 aliphatic heterocycles. The van der Waals surface area contributed by atoms with Crippen molar-refractivity contribution in [2.75, 3.05) is 0 Å². The van der Waals surface area contributed by atoms with Gasteiger partial charge in [0.05, 0.1) is 0 Å².